The summed E-state index contributed by atoms with van der Waals surface area (Å²) in [5, 5.41) is 0. The molecule has 0 aliphatic carbocycles. The average molecular weight is 192 g/mol. The molecule has 0 aromatic heterocycles. The summed E-state index contributed by atoms with van der Waals surface area (Å²) in [4.78, 5) is 10.5. The van der Waals surface area contributed by atoms with E-state index in [0.717, 1.165) is 25.1 Å². The topological polar surface area (TPSA) is 35.5 Å². The smallest absolute Gasteiger partial charge is 0.150 e. The van der Waals surface area contributed by atoms with Gasteiger partial charge in [-0.15, -0.1) is 0 Å². The van der Waals surface area contributed by atoms with E-state index in [1.807, 2.05) is 12.1 Å². The minimum absolute atomic E-state index is 0.136. The molecule has 0 saturated carbocycles. The van der Waals surface area contributed by atoms with E-state index < -0.39 is 0 Å². The fourth-order valence-corrected chi connectivity index (χ4v) is 1.46. The van der Waals surface area contributed by atoms with Crippen LogP contribution in [-0.4, -0.2) is 25.6 Å². The van der Waals surface area contributed by atoms with Crippen LogP contribution in [0.4, 0.5) is 0 Å². The van der Waals surface area contributed by atoms with Crippen molar-refractivity contribution in [3.8, 4) is 5.75 Å². The number of ether oxygens (including phenoxy) is 2. The van der Waals surface area contributed by atoms with Gasteiger partial charge in [-0.2, -0.15) is 0 Å². The minimum Gasteiger partial charge on any atom is -0.488 e. The van der Waals surface area contributed by atoms with E-state index in [9.17, 15) is 4.79 Å². The molecule has 0 unspecified atom stereocenters. The van der Waals surface area contributed by atoms with Gasteiger partial charge in [-0.05, 0) is 12.1 Å². The number of benzene rings is 1. The zero-order valence-corrected chi connectivity index (χ0v) is 7.81. The van der Waals surface area contributed by atoms with E-state index in [-0.39, 0.29) is 6.10 Å². The molecule has 0 spiro atoms. The molecule has 1 aliphatic rings. The maximum atomic E-state index is 10.5. The summed E-state index contributed by atoms with van der Waals surface area (Å²) in [6.07, 6.45) is 1.88. The summed E-state index contributed by atoms with van der Waals surface area (Å²) in [6, 6.07) is 7.16. The van der Waals surface area contributed by atoms with Crippen LogP contribution in [0.2, 0.25) is 0 Å². The second-order valence-electron chi connectivity index (χ2n) is 3.29. The first-order chi connectivity index (χ1) is 6.88. The third kappa shape index (κ3) is 2.12. The van der Waals surface area contributed by atoms with Crippen LogP contribution in [0, 0.1) is 0 Å². The van der Waals surface area contributed by atoms with Crippen LogP contribution in [0.5, 0.6) is 5.75 Å². The molecule has 74 valence electrons. The second kappa shape index (κ2) is 4.24. The first-order valence-electron chi connectivity index (χ1n) is 4.68. The molecule has 0 amide bonds. The van der Waals surface area contributed by atoms with Crippen molar-refractivity contribution in [2.45, 2.75) is 12.5 Å². The Hall–Kier alpha value is -1.35. The van der Waals surface area contributed by atoms with Crippen molar-refractivity contribution in [2.24, 2.45) is 0 Å². The van der Waals surface area contributed by atoms with Crippen LogP contribution >= 0.6 is 0 Å². The van der Waals surface area contributed by atoms with Crippen molar-refractivity contribution >= 4 is 6.29 Å². The quantitative estimate of drug-likeness (QED) is 0.683. The van der Waals surface area contributed by atoms with Gasteiger partial charge in [0.1, 0.15) is 18.1 Å². The van der Waals surface area contributed by atoms with Crippen LogP contribution in [-0.2, 0) is 4.74 Å². The van der Waals surface area contributed by atoms with Crippen LogP contribution in [0.3, 0.4) is 0 Å². The van der Waals surface area contributed by atoms with Gasteiger partial charge in [0.05, 0.1) is 13.2 Å². The zero-order chi connectivity index (χ0) is 9.80. The lowest BCUT2D eigenvalue weighted by molar-refractivity contribution is 0.112. The van der Waals surface area contributed by atoms with E-state index >= 15 is 0 Å². The van der Waals surface area contributed by atoms with Gasteiger partial charge in [0.2, 0.25) is 0 Å². The Kier molecular flexibility index (Phi) is 2.79. The van der Waals surface area contributed by atoms with Gasteiger partial charge < -0.3 is 9.47 Å². The van der Waals surface area contributed by atoms with Crippen molar-refractivity contribution in [1.82, 2.24) is 0 Å². The van der Waals surface area contributed by atoms with Gasteiger partial charge in [0, 0.05) is 12.0 Å². The molecule has 0 N–H and O–H groups in total. The van der Waals surface area contributed by atoms with Gasteiger partial charge in [0.15, 0.2) is 0 Å². The molecule has 1 fully saturated rings. The SMILES string of the molecule is O=Cc1cccc(O[C@@H]2CCOC2)c1. The molecule has 3 heteroatoms. The Morgan fingerprint density at radius 2 is 2.43 bits per heavy atom. The van der Waals surface area contributed by atoms with Crippen molar-refractivity contribution in [3.05, 3.63) is 29.8 Å². The molecule has 1 aromatic carbocycles. The highest BCUT2D eigenvalue weighted by molar-refractivity contribution is 5.75. The first-order valence-corrected chi connectivity index (χ1v) is 4.68. The molecule has 1 aromatic rings. The number of aldehydes is 1. The van der Waals surface area contributed by atoms with Gasteiger partial charge in [0.25, 0.3) is 0 Å². The highest BCUT2D eigenvalue weighted by Crippen LogP contribution is 2.17. The lowest BCUT2D eigenvalue weighted by Gasteiger charge is -2.11. The molecule has 1 saturated heterocycles. The maximum Gasteiger partial charge on any atom is 0.150 e. The molecule has 0 bridgehead atoms. The van der Waals surface area contributed by atoms with Crippen molar-refractivity contribution in [3.63, 3.8) is 0 Å². The Balaban J connectivity index is 2.04. The van der Waals surface area contributed by atoms with Crippen molar-refractivity contribution < 1.29 is 14.3 Å². The summed E-state index contributed by atoms with van der Waals surface area (Å²) in [5.74, 6) is 0.741. The van der Waals surface area contributed by atoms with Crippen LogP contribution < -0.4 is 4.74 Å². The van der Waals surface area contributed by atoms with E-state index in [1.54, 1.807) is 12.1 Å². The predicted molar refractivity (Wildman–Crippen MR) is 51.7 cm³/mol. The fraction of sp³-hybridized carbons (Fsp3) is 0.364. The normalized spacial score (nSPS) is 20.7. The lowest BCUT2D eigenvalue weighted by Crippen LogP contribution is -2.15. The van der Waals surface area contributed by atoms with Gasteiger partial charge >= 0.3 is 0 Å². The third-order valence-corrected chi connectivity index (χ3v) is 2.18. The highest BCUT2D eigenvalue weighted by Gasteiger charge is 2.16. The maximum absolute atomic E-state index is 10.5. The highest BCUT2D eigenvalue weighted by atomic mass is 16.5. The van der Waals surface area contributed by atoms with Crippen LogP contribution in [0.25, 0.3) is 0 Å². The molecular weight excluding hydrogens is 180 g/mol. The third-order valence-electron chi connectivity index (χ3n) is 2.18. The molecule has 1 aliphatic heterocycles. The Bertz CT molecular complexity index is 316. The number of hydrogen-bond donors (Lipinski definition) is 0. The Morgan fingerprint density at radius 1 is 1.50 bits per heavy atom. The minimum atomic E-state index is 0.136. The number of hydrogen-bond acceptors (Lipinski definition) is 3. The number of carbonyl (C=O) groups excluding carboxylic acids is 1. The van der Waals surface area contributed by atoms with Gasteiger partial charge in [-0.3, -0.25) is 4.79 Å². The summed E-state index contributed by atoms with van der Waals surface area (Å²) < 4.78 is 10.8. The zero-order valence-electron chi connectivity index (χ0n) is 7.81. The van der Waals surface area contributed by atoms with E-state index in [1.165, 1.54) is 0 Å². The number of rotatable bonds is 3. The summed E-state index contributed by atoms with van der Waals surface area (Å²) in [6.45, 7) is 1.41. The Labute approximate surface area is 82.6 Å². The Morgan fingerprint density at radius 3 is 3.14 bits per heavy atom. The van der Waals surface area contributed by atoms with Crippen LogP contribution in [0.1, 0.15) is 16.8 Å². The molecule has 2 rings (SSSR count). The van der Waals surface area contributed by atoms with E-state index in [2.05, 4.69) is 0 Å². The molecular formula is C11H12O3. The van der Waals surface area contributed by atoms with E-state index in [4.69, 9.17) is 9.47 Å². The van der Waals surface area contributed by atoms with Crippen molar-refractivity contribution in [2.75, 3.05) is 13.2 Å². The molecule has 1 atom stereocenters. The van der Waals surface area contributed by atoms with E-state index in [0.29, 0.717) is 12.2 Å². The van der Waals surface area contributed by atoms with Crippen LogP contribution in [0.15, 0.2) is 24.3 Å². The summed E-state index contributed by atoms with van der Waals surface area (Å²) in [7, 11) is 0. The standard InChI is InChI=1S/C11H12O3/c12-7-9-2-1-3-10(6-9)14-11-4-5-13-8-11/h1-3,6-7,11H,4-5,8H2/t11-/m1/s1. The molecule has 14 heavy (non-hydrogen) atoms. The largest absolute Gasteiger partial charge is 0.488 e. The molecule has 0 radical (unpaired) electrons. The fourth-order valence-electron chi connectivity index (χ4n) is 1.46. The summed E-state index contributed by atoms with van der Waals surface area (Å²) >= 11 is 0. The van der Waals surface area contributed by atoms with Gasteiger partial charge in [-0.25, -0.2) is 0 Å². The van der Waals surface area contributed by atoms with Crippen molar-refractivity contribution in [1.29, 1.82) is 0 Å². The average Bonchev–Trinajstić information content (AvgIpc) is 2.71. The monoisotopic (exact) mass is 192 g/mol. The number of carbonyl (C=O) groups is 1. The molecule has 1 heterocycles. The van der Waals surface area contributed by atoms with Gasteiger partial charge in [-0.1, -0.05) is 12.1 Å². The second-order valence-corrected chi connectivity index (χ2v) is 3.29. The molecule has 3 nitrogen and oxygen atoms in total. The first kappa shape index (κ1) is 9.21. The predicted octanol–water partition coefficient (Wildman–Crippen LogP) is 1.67. The lowest BCUT2D eigenvalue weighted by atomic mass is 10.2. The summed E-state index contributed by atoms with van der Waals surface area (Å²) in [5.41, 5.74) is 0.640.